The second kappa shape index (κ2) is 11.6. The van der Waals surface area contributed by atoms with Crippen molar-refractivity contribution >= 4 is 29.4 Å². The number of rotatable bonds is 9. The minimum Gasteiger partial charge on any atom is -0.478 e. The van der Waals surface area contributed by atoms with Gasteiger partial charge in [0.2, 0.25) is 11.7 Å². The predicted molar refractivity (Wildman–Crippen MR) is 153 cm³/mol. The van der Waals surface area contributed by atoms with Crippen LogP contribution in [-0.2, 0) is 30.5 Å². The van der Waals surface area contributed by atoms with Crippen LogP contribution < -0.4 is 5.32 Å². The van der Waals surface area contributed by atoms with E-state index in [9.17, 15) is 34.2 Å². The molecule has 1 amide bonds. The SMILES string of the molecule is C[C@]12CCC(=O)C=C1CC[C@H]1[C@H]2[C@@H](O)C[C@@]2(C)[C@@H]1CC[C@]2(O)C(=O)COC(=O)CCC(=O)NCc1ccc(C(=O)O)cc1. The molecule has 4 N–H and O–H groups in total. The lowest BCUT2D eigenvalue weighted by atomic mass is 9.45. The van der Waals surface area contributed by atoms with Crippen LogP contribution in [0.3, 0.4) is 0 Å². The Labute approximate surface area is 250 Å². The summed E-state index contributed by atoms with van der Waals surface area (Å²) in [4.78, 5) is 61.1. The number of esters is 1. The van der Waals surface area contributed by atoms with E-state index in [1.807, 2.05) is 6.92 Å². The third-order valence-electron chi connectivity index (χ3n) is 11.1. The summed E-state index contributed by atoms with van der Waals surface area (Å²) in [5.41, 5.74) is -0.920. The Hall–Kier alpha value is -3.37. The Bertz CT molecular complexity index is 1350. The number of fused-ring (bicyclic) bond motifs is 5. The quantitative estimate of drug-likeness (QED) is 0.314. The van der Waals surface area contributed by atoms with Gasteiger partial charge in [-0.1, -0.05) is 31.6 Å². The van der Waals surface area contributed by atoms with Crippen molar-refractivity contribution in [1.29, 1.82) is 0 Å². The maximum Gasteiger partial charge on any atom is 0.335 e. The number of hydrogen-bond donors (Lipinski definition) is 4. The van der Waals surface area contributed by atoms with Gasteiger partial charge in [-0.15, -0.1) is 0 Å². The standard InChI is InChI=1S/C33H41NO9/c1-31-13-11-22(35)15-21(31)7-8-23-24-12-14-33(42,32(24,2)16-25(36)29(23)31)26(37)18-43-28(39)10-9-27(38)34-17-19-3-5-20(6-4-19)30(40)41/h3-6,15,23-25,29,36,42H,7-14,16-18H2,1-2H3,(H,34,38)(H,40,41)/t23-,24-,25+,29+,31+,32+,33+/m1/s1. The van der Waals surface area contributed by atoms with E-state index in [1.54, 1.807) is 18.2 Å². The van der Waals surface area contributed by atoms with Crippen molar-refractivity contribution in [2.75, 3.05) is 6.61 Å². The number of aliphatic hydroxyl groups is 2. The number of nitrogens with one attached hydrogen (secondary N) is 1. The molecular weight excluding hydrogens is 554 g/mol. The first kappa shape index (κ1) is 31.1. The van der Waals surface area contributed by atoms with Gasteiger partial charge in [0.15, 0.2) is 12.4 Å². The van der Waals surface area contributed by atoms with Crippen LogP contribution in [0.2, 0.25) is 0 Å². The van der Waals surface area contributed by atoms with Gasteiger partial charge in [0, 0.05) is 24.8 Å². The summed E-state index contributed by atoms with van der Waals surface area (Å²) >= 11 is 0. The van der Waals surface area contributed by atoms with Gasteiger partial charge >= 0.3 is 11.9 Å². The smallest absolute Gasteiger partial charge is 0.335 e. The van der Waals surface area contributed by atoms with Crippen LogP contribution >= 0.6 is 0 Å². The van der Waals surface area contributed by atoms with Crippen LogP contribution in [0, 0.1) is 28.6 Å². The number of carboxylic acid groups (broad SMARTS) is 1. The van der Waals surface area contributed by atoms with Gasteiger partial charge in [-0.2, -0.15) is 0 Å². The van der Waals surface area contributed by atoms with Gasteiger partial charge in [-0.25, -0.2) is 4.79 Å². The lowest BCUT2D eigenvalue weighted by Gasteiger charge is -2.60. The van der Waals surface area contributed by atoms with Gasteiger partial charge in [-0.05, 0) is 85.5 Å². The molecule has 4 aliphatic rings. The van der Waals surface area contributed by atoms with E-state index in [1.165, 1.54) is 12.1 Å². The highest BCUT2D eigenvalue weighted by atomic mass is 16.5. The maximum atomic E-state index is 13.4. The summed E-state index contributed by atoms with van der Waals surface area (Å²) in [6.45, 7) is 3.59. The molecule has 4 aliphatic carbocycles. The van der Waals surface area contributed by atoms with Crippen LogP contribution in [0.4, 0.5) is 0 Å². The summed E-state index contributed by atoms with van der Waals surface area (Å²) in [7, 11) is 0. The number of allylic oxidation sites excluding steroid dienone is 1. The third-order valence-corrected chi connectivity index (χ3v) is 11.1. The highest BCUT2D eigenvalue weighted by Gasteiger charge is 2.68. The molecule has 232 valence electrons. The molecule has 3 fully saturated rings. The number of ketones is 2. The molecule has 7 atom stereocenters. The van der Waals surface area contributed by atoms with Crippen molar-refractivity contribution in [3.8, 4) is 0 Å². The number of carbonyl (C=O) groups excluding carboxylic acids is 4. The number of aliphatic hydroxyl groups excluding tert-OH is 1. The van der Waals surface area contributed by atoms with E-state index in [0.29, 0.717) is 24.8 Å². The molecule has 10 heteroatoms. The normalized spacial score (nSPS) is 34.7. The number of carboxylic acids is 1. The highest BCUT2D eigenvalue weighted by Crippen LogP contribution is 2.67. The summed E-state index contributed by atoms with van der Waals surface area (Å²) in [6, 6.07) is 6.06. The fourth-order valence-corrected chi connectivity index (χ4v) is 8.76. The molecule has 1 aromatic rings. The summed E-state index contributed by atoms with van der Waals surface area (Å²) in [5, 5.41) is 34.9. The molecule has 0 aliphatic heterocycles. The fourth-order valence-electron chi connectivity index (χ4n) is 8.76. The summed E-state index contributed by atoms with van der Waals surface area (Å²) in [5.74, 6) is -2.52. The lowest BCUT2D eigenvalue weighted by Crippen LogP contribution is -2.62. The van der Waals surface area contributed by atoms with Crippen molar-refractivity contribution < 1.29 is 44.0 Å². The van der Waals surface area contributed by atoms with Crippen molar-refractivity contribution in [3.63, 3.8) is 0 Å². The zero-order valence-corrected chi connectivity index (χ0v) is 24.8. The summed E-state index contributed by atoms with van der Waals surface area (Å²) < 4.78 is 5.20. The topological polar surface area (TPSA) is 167 Å². The highest BCUT2D eigenvalue weighted by molar-refractivity contribution is 5.92. The number of hydrogen-bond acceptors (Lipinski definition) is 8. The first-order valence-electron chi connectivity index (χ1n) is 15.2. The van der Waals surface area contributed by atoms with Crippen molar-refractivity contribution in [2.24, 2.45) is 28.6 Å². The van der Waals surface area contributed by atoms with Crippen LogP contribution in [0.1, 0.15) is 87.6 Å². The number of aromatic carboxylic acids is 1. The van der Waals surface area contributed by atoms with E-state index in [-0.39, 0.29) is 66.7 Å². The zero-order valence-electron chi connectivity index (χ0n) is 24.8. The largest absolute Gasteiger partial charge is 0.478 e. The second-order valence-electron chi connectivity index (χ2n) is 13.3. The van der Waals surface area contributed by atoms with E-state index in [2.05, 4.69) is 12.2 Å². The first-order valence-corrected chi connectivity index (χ1v) is 15.2. The Morgan fingerprint density at radius 3 is 2.44 bits per heavy atom. The van der Waals surface area contributed by atoms with E-state index < -0.39 is 47.4 Å². The average molecular weight is 596 g/mol. The van der Waals surface area contributed by atoms with Crippen LogP contribution in [0.5, 0.6) is 0 Å². The van der Waals surface area contributed by atoms with Crippen LogP contribution in [-0.4, -0.2) is 63.0 Å². The van der Waals surface area contributed by atoms with E-state index in [4.69, 9.17) is 9.84 Å². The van der Waals surface area contributed by atoms with Gasteiger partial charge in [0.25, 0.3) is 0 Å². The molecule has 43 heavy (non-hydrogen) atoms. The van der Waals surface area contributed by atoms with Crippen molar-refractivity contribution in [3.05, 3.63) is 47.0 Å². The third kappa shape index (κ3) is 5.55. The van der Waals surface area contributed by atoms with Crippen LogP contribution in [0.25, 0.3) is 0 Å². The minimum atomic E-state index is -1.74. The van der Waals surface area contributed by atoms with Crippen molar-refractivity contribution in [2.45, 2.75) is 89.9 Å². The van der Waals surface area contributed by atoms with Gasteiger partial charge < -0.3 is 25.4 Å². The average Bonchev–Trinajstić information content (AvgIpc) is 3.24. The minimum absolute atomic E-state index is 0.0191. The Morgan fingerprint density at radius 1 is 1.02 bits per heavy atom. The predicted octanol–water partition coefficient (Wildman–Crippen LogP) is 3.13. The van der Waals surface area contributed by atoms with Gasteiger partial charge in [-0.3, -0.25) is 19.2 Å². The molecule has 0 bridgehead atoms. The molecule has 3 saturated carbocycles. The molecule has 10 nitrogen and oxygen atoms in total. The number of amides is 1. The van der Waals surface area contributed by atoms with Crippen molar-refractivity contribution in [1.82, 2.24) is 5.32 Å². The molecule has 0 heterocycles. The molecule has 0 aromatic heterocycles. The number of ether oxygens (including phenoxy) is 1. The van der Waals surface area contributed by atoms with E-state index in [0.717, 1.165) is 18.4 Å². The van der Waals surface area contributed by atoms with Crippen LogP contribution in [0.15, 0.2) is 35.9 Å². The zero-order chi connectivity index (χ0) is 31.2. The number of carbonyl (C=O) groups is 5. The van der Waals surface area contributed by atoms with Gasteiger partial charge in [0.1, 0.15) is 5.60 Å². The van der Waals surface area contributed by atoms with E-state index >= 15 is 0 Å². The number of benzene rings is 1. The lowest BCUT2D eigenvalue weighted by molar-refractivity contribution is -0.184. The Balaban J connectivity index is 1.14. The molecule has 5 rings (SSSR count). The Kier molecular flexibility index (Phi) is 8.39. The molecular formula is C33H41NO9. The first-order chi connectivity index (χ1) is 20.3. The molecule has 0 spiro atoms. The molecule has 1 aromatic carbocycles. The monoisotopic (exact) mass is 595 g/mol. The molecule has 0 unspecified atom stereocenters. The summed E-state index contributed by atoms with van der Waals surface area (Å²) in [6.07, 6.45) is 4.51. The van der Waals surface area contributed by atoms with Gasteiger partial charge in [0.05, 0.1) is 18.1 Å². The number of Topliss-reactive ketones (excluding diaryl/α,β-unsaturated/α-hetero) is 1. The maximum absolute atomic E-state index is 13.4. The molecule has 0 radical (unpaired) electrons. The fraction of sp³-hybridized carbons (Fsp3) is 0.606. The second-order valence-corrected chi connectivity index (χ2v) is 13.3. The Morgan fingerprint density at radius 2 is 1.74 bits per heavy atom. The molecule has 0 saturated heterocycles.